The first-order chi connectivity index (χ1) is 13.5. The number of nitrogens with one attached hydrogen (secondary N) is 1. The zero-order valence-corrected chi connectivity index (χ0v) is 21.0. The molecule has 0 radical (unpaired) electrons. The van der Waals surface area contributed by atoms with Gasteiger partial charge in [-0.15, -0.1) is 0 Å². The van der Waals surface area contributed by atoms with Crippen LogP contribution in [0.4, 0.5) is 0 Å². The van der Waals surface area contributed by atoms with Crippen molar-refractivity contribution in [3.05, 3.63) is 0 Å². The van der Waals surface area contributed by atoms with Gasteiger partial charge in [-0.25, -0.2) is 0 Å². The summed E-state index contributed by atoms with van der Waals surface area (Å²) in [4.78, 5) is 38.2. The number of nitrogens with two attached hydrogens (primary N) is 1. The van der Waals surface area contributed by atoms with E-state index in [9.17, 15) is 4.79 Å². The third-order valence-electron chi connectivity index (χ3n) is 2.97. The number of aliphatic carboxylic acids is 3. The van der Waals surface area contributed by atoms with Gasteiger partial charge in [0.15, 0.2) is 0 Å². The largest absolute Gasteiger partial charge is 0.481 e. The summed E-state index contributed by atoms with van der Waals surface area (Å²) >= 11 is 0. The molecule has 0 spiro atoms. The quantitative estimate of drug-likeness (QED) is 0.194. The zero-order chi connectivity index (χ0) is 23.5. The molecular formula is C20H42MoN2O7. The molecule has 10 heteroatoms. The number of carbonyl (C=O) groups is 4. The molecule has 0 aromatic carbocycles. The van der Waals surface area contributed by atoms with Crippen LogP contribution in [0, 0.1) is 0 Å². The molecule has 0 saturated heterocycles. The van der Waals surface area contributed by atoms with E-state index >= 15 is 0 Å². The van der Waals surface area contributed by atoms with Gasteiger partial charge >= 0.3 is 0 Å². The van der Waals surface area contributed by atoms with Crippen molar-refractivity contribution in [1.82, 2.24) is 5.32 Å². The Morgan fingerprint density at radius 2 is 1.00 bits per heavy atom. The Kier molecular flexibility index (Phi) is 45.6. The van der Waals surface area contributed by atoms with E-state index in [1.165, 1.54) is 51.4 Å². The van der Waals surface area contributed by atoms with Crippen LogP contribution in [-0.2, 0) is 40.2 Å². The number of unbranched alkanes of at least 4 members (excludes halogenated alkanes) is 8. The van der Waals surface area contributed by atoms with E-state index in [0.29, 0.717) is 19.5 Å². The summed E-state index contributed by atoms with van der Waals surface area (Å²) in [5.41, 5.74) is 5.31. The van der Waals surface area contributed by atoms with Crippen molar-refractivity contribution in [2.45, 2.75) is 91.9 Å². The van der Waals surface area contributed by atoms with Gasteiger partial charge < -0.3 is 26.4 Å². The molecule has 9 nitrogen and oxygen atoms in total. The predicted molar refractivity (Wildman–Crippen MR) is 114 cm³/mol. The Hall–Kier alpha value is -1.47. The second kappa shape index (κ2) is 35.0. The molecule has 0 heterocycles. The number of hydrogen-bond donors (Lipinski definition) is 5. The Balaban J connectivity index is -0.000000131. The summed E-state index contributed by atoms with van der Waals surface area (Å²) in [5, 5.41) is 25.0. The third-order valence-corrected chi connectivity index (χ3v) is 2.97. The molecule has 0 rings (SSSR count). The molecule has 0 aromatic heterocycles. The van der Waals surface area contributed by atoms with Gasteiger partial charge in [0.2, 0.25) is 5.91 Å². The number of carboxylic acid groups (broad SMARTS) is 3. The fraction of sp³-hybridized carbons (Fsp3) is 0.800. The van der Waals surface area contributed by atoms with Crippen molar-refractivity contribution in [1.29, 1.82) is 0 Å². The van der Waals surface area contributed by atoms with E-state index in [1.807, 2.05) is 0 Å². The molecule has 0 aliphatic rings. The van der Waals surface area contributed by atoms with Gasteiger partial charge in [0.25, 0.3) is 17.9 Å². The second-order valence-corrected chi connectivity index (χ2v) is 6.27. The zero-order valence-electron chi connectivity index (χ0n) is 18.9. The minimum absolute atomic E-state index is 0. The summed E-state index contributed by atoms with van der Waals surface area (Å²) < 4.78 is 0. The van der Waals surface area contributed by atoms with Crippen LogP contribution in [0.5, 0.6) is 0 Å². The molecule has 0 aliphatic heterocycles. The number of rotatable bonds is 12. The Labute approximate surface area is 195 Å². The van der Waals surface area contributed by atoms with Gasteiger partial charge in [-0.3, -0.25) is 19.2 Å². The summed E-state index contributed by atoms with van der Waals surface area (Å²) in [6.07, 6.45) is 12.3. The molecule has 0 bridgehead atoms. The van der Waals surface area contributed by atoms with Crippen molar-refractivity contribution >= 4 is 23.8 Å². The van der Waals surface area contributed by atoms with Crippen LogP contribution in [0.15, 0.2) is 0 Å². The van der Waals surface area contributed by atoms with Crippen LogP contribution in [0.1, 0.15) is 91.9 Å². The fourth-order valence-electron chi connectivity index (χ4n) is 1.90. The molecule has 0 aliphatic carbocycles. The van der Waals surface area contributed by atoms with Crippen molar-refractivity contribution in [3.63, 3.8) is 0 Å². The van der Waals surface area contributed by atoms with E-state index in [0.717, 1.165) is 27.2 Å². The topological polar surface area (TPSA) is 167 Å². The van der Waals surface area contributed by atoms with Crippen molar-refractivity contribution in [2.75, 3.05) is 13.1 Å². The molecule has 1 amide bonds. The molecule has 0 fully saturated rings. The molecular weight excluding hydrogens is 476 g/mol. The van der Waals surface area contributed by atoms with Crippen LogP contribution in [0.2, 0.25) is 0 Å². The Morgan fingerprint density at radius 3 is 1.30 bits per heavy atom. The third kappa shape index (κ3) is 94.5. The summed E-state index contributed by atoms with van der Waals surface area (Å²) in [6, 6.07) is 0. The van der Waals surface area contributed by atoms with Gasteiger partial charge in [-0.1, -0.05) is 58.3 Å². The average Bonchev–Trinajstić information content (AvgIpc) is 2.57. The Morgan fingerprint density at radius 1 is 0.700 bits per heavy atom. The molecule has 0 atom stereocenters. The molecule has 30 heavy (non-hydrogen) atoms. The molecule has 6 N–H and O–H groups in total. The van der Waals surface area contributed by atoms with Gasteiger partial charge in [0.05, 0.1) is 0 Å². The van der Waals surface area contributed by atoms with Crippen LogP contribution in [0.25, 0.3) is 0 Å². The molecule has 0 unspecified atom stereocenters. The maximum atomic E-state index is 11.2. The smallest absolute Gasteiger partial charge is 0.300 e. The van der Waals surface area contributed by atoms with Gasteiger partial charge in [0.1, 0.15) is 0 Å². The first kappa shape index (κ1) is 39.1. The van der Waals surface area contributed by atoms with Crippen LogP contribution >= 0.6 is 0 Å². The standard InChI is InChI=1S/C14H30N2O.3C2H4O2.Mo/c1-2-3-4-5-6-7-8-9-10-11-14(17)16-13-12-15;3*1-2(3)4;/h2-13,15H2,1H3,(H,16,17);3*1H3,(H,3,4);. The number of carboxylic acids is 3. The second-order valence-electron chi connectivity index (χ2n) is 6.27. The molecule has 0 saturated carbocycles. The predicted octanol–water partition coefficient (Wildman–Crippen LogP) is 3.25. The minimum atomic E-state index is -0.833. The maximum absolute atomic E-state index is 11.2. The van der Waals surface area contributed by atoms with E-state index in [1.54, 1.807) is 0 Å². The summed E-state index contributed by atoms with van der Waals surface area (Å²) in [5.74, 6) is -2.35. The minimum Gasteiger partial charge on any atom is -0.481 e. The SMILES string of the molecule is CC(=O)O.CC(=O)O.CC(=O)O.CCCCCCCCCCCC(=O)NCCN.[Mo]. The first-order valence-corrected chi connectivity index (χ1v) is 10.1. The van der Waals surface area contributed by atoms with Crippen molar-refractivity contribution in [3.8, 4) is 0 Å². The first-order valence-electron chi connectivity index (χ1n) is 10.1. The average molecular weight is 519 g/mol. The molecule has 0 aromatic rings. The summed E-state index contributed by atoms with van der Waals surface area (Å²) in [7, 11) is 0. The number of carbonyl (C=O) groups excluding carboxylic acids is 1. The van der Waals surface area contributed by atoms with E-state index < -0.39 is 17.9 Å². The molecule has 180 valence electrons. The van der Waals surface area contributed by atoms with Crippen LogP contribution < -0.4 is 11.1 Å². The summed E-state index contributed by atoms with van der Waals surface area (Å²) in [6.45, 7) is 6.63. The van der Waals surface area contributed by atoms with Crippen LogP contribution in [-0.4, -0.2) is 52.2 Å². The van der Waals surface area contributed by atoms with E-state index in [2.05, 4.69) is 12.2 Å². The van der Waals surface area contributed by atoms with Crippen molar-refractivity contribution < 1.29 is 55.6 Å². The van der Waals surface area contributed by atoms with Gasteiger partial charge in [-0.05, 0) is 6.42 Å². The van der Waals surface area contributed by atoms with Gasteiger partial charge in [0, 0.05) is 61.3 Å². The van der Waals surface area contributed by atoms with Crippen molar-refractivity contribution in [2.24, 2.45) is 5.73 Å². The normalized spacial score (nSPS) is 8.43. The van der Waals surface area contributed by atoms with Gasteiger partial charge in [-0.2, -0.15) is 0 Å². The maximum Gasteiger partial charge on any atom is 0.300 e. The monoisotopic (exact) mass is 520 g/mol. The van der Waals surface area contributed by atoms with Crippen LogP contribution in [0.3, 0.4) is 0 Å². The van der Waals surface area contributed by atoms with E-state index in [-0.39, 0.29) is 27.0 Å². The number of hydrogen-bond acceptors (Lipinski definition) is 5. The Bertz CT molecular complexity index is 368. The van der Waals surface area contributed by atoms with E-state index in [4.69, 9.17) is 35.4 Å². The fourth-order valence-corrected chi connectivity index (χ4v) is 1.90. The number of amides is 1.